The van der Waals surface area contributed by atoms with Crippen LogP contribution >= 0.6 is 0 Å². The minimum Gasteiger partial charge on any atom is -0.481 e. The summed E-state index contributed by atoms with van der Waals surface area (Å²) in [7, 11) is 0. The first-order valence-electron chi connectivity index (χ1n) is 11.8. The van der Waals surface area contributed by atoms with Crippen LogP contribution in [0.15, 0.2) is 48.5 Å². The number of nitro benzene ring substituents is 1. The number of carbonyl (C=O) groups is 5. The van der Waals surface area contributed by atoms with Crippen molar-refractivity contribution in [3.8, 4) is 11.1 Å². The van der Waals surface area contributed by atoms with Crippen molar-refractivity contribution in [3.05, 3.63) is 64.2 Å². The van der Waals surface area contributed by atoms with Gasteiger partial charge in [-0.05, 0) is 36.0 Å². The number of ketones is 1. The van der Waals surface area contributed by atoms with Crippen LogP contribution in [-0.4, -0.2) is 50.7 Å². The number of nitrogens with one attached hydrogen (secondary N) is 1. The van der Waals surface area contributed by atoms with Gasteiger partial charge in [0, 0.05) is 43.7 Å². The number of hydrogen-bond acceptors (Lipinski definition) is 7. The van der Waals surface area contributed by atoms with Gasteiger partial charge in [0.05, 0.1) is 11.0 Å². The van der Waals surface area contributed by atoms with Gasteiger partial charge in [-0.1, -0.05) is 36.4 Å². The van der Waals surface area contributed by atoms with E-state index >= 15 is 0 Å². The lowest BCUT2D eigenvalue weighted by atomic mass is 9.92. The zero-order valence-electron chi connectivity index (χ0n) is 20.5. The minimum absolute atomic E-state index is 0.00866. The third-order valence-electron chi connectivity index (χ3n) is 5.91. The van der Waals surface area contributed by atoms with Gasteiger partial charge in [-0.15, -0.1) is 0 Å². The highest BCUT2D eigenvalue weighted by molar-refractivity contribution is 5.92. The maximum atomic E-state index is 12.8. The number of non-ortho nitro benzene ring substituents is 1. The summed E-state index contributed by atoms with van der Waals surface area (Å²) in [6, 6.07) is 12.1. The molecule has 0 aromatic heterocycles. The molecule has 0 saturated carbocycles. The highest BCUT2D eigenvalue weighted by Gasteiger charge is 2.27. The molecule has 0 unspecified atom stereocenters. The molecule has 0 aliphatic carbocycles. The van der Waals surface area contributed by atoms with Crippen molar-refractivity contribution < 1.29 is 39.1 Å². The Balaban J connectivity index is 2.00. The molecule has 0 saturated heterocycles. The third kappa shape index (κ3) is 9.80. The van der Waals surface area contributed by atoms with Gasteiger partial charge in [0.25, 0.3) is 5.69 Å². The van der Waals surface area contributed by atoms with E-state index in [9.17, 15) is 34.1 Å². The van der Waals surface area contributed by atoms with Crippen LogP contribution in [-0.2, 0) is 30.4 Å². The average Bonchev–Trinajstić information content (AvgIpc) is 2.87. The molecule has 0 heterocycles. The highest BCUT2D eigenvalue weighted by Crippen LogP contribution is 2.24. The Labute approximate surface area is 218 Å². The monoisotopic (exact) mass is 527 g/mol. The summed E-state index contributed by atoms with van der Waals surface area (Å²) in [5.74, 6) is -5.33. The number of amides is 2. The molecule has 0 radical (unpaired) electrons. The molecule has 0 aliphatic rings. The number of benzene rings is 2. The van der Waals surface area contributed by atoms with E-state index in [4.69, 9.17) is 15.9 Å². The lowest BCUT2D eigenvalue weighted by Crippen LogP contribution is -2.43. The largest absolute Gasteiger partial charge is 0.481 e. The molecular formula is C26H29N3O9. The van der Waals surface area contributed by atoms with E-state index in [2.05, 4.69) is 5.32 Å². The second kappa shape index (κ2) is 14.2. The van der Waals surface area contributed by atoms with Crippen molar-refractivity contribution in [2.75, 3.05) is 0 Å². The van der Waals surface area contributed by atoms with Gasteiger partial charge in [-0.25, -0.2) is 0 Å². The summed E-state index contributed by atoms with van der Waals surface area (Å²) in [5, 5.41) is 31.3. The van der Waals surface area contributed by atoms with Gasteiger partial charge in [0.15, 0.2) is 5.78 Å². The number of hydrogen-bond donors (Lipinski definition) is 4. The van der Waals surface area contributed by atoms with Crippen molar-refractivity contribution in [2.24, 2.45) is 11.7 Å². The van der Waals surface area contributed by atoms with E-state index in [0.29, 0.717) is 12.0 Å². The zero-order valence-corrected chi connectivity index (χ0v) is 20.5. The third-order valence-corrected chi connectivity index (χ3v) is 5.91. The van der Waals surface area contributed by atoms with Crippen LogP contribution in [0.2, 0.25) is 0 Å². The Morgan fingerprint density at radius 2 is 1.53 bits per heavy atom. The number of carboxylic acid groups (broad SMARTS) is 2. The van der Waals surface area contributed by atoms with E-state index in [1.165, 1.54) is 12.1 Å². The van der Waals surface area contributed by atoms with Crippen molar-refractivity contribution in [3.63, 3.8) is 0 Å². The Kier molecular flexibility index (Phi) is 11.1. The zero-order chi connectivity index (χ0) is 28.2. The summed E-state index contributed by atoms with van der Waals surface area (Å²) in [5.41, 5.74) is 7.47. The number of carboxylic acids is 2. The number of nitrogens with zero attached hydrogens (tertiary/aromatic N) is 1. The lowest BCUT2D eigenvalue weighted by molar-refractivity contribution is -0.384. The van der Waals surface area contributed by atoms with Crippen molar-refractivity contribution >= 4 is 35.2 Å². The highest BCUT2D eigenvalue weighted by atomic mass is 16.6. The summed E-state index contributed by atoms with van der Waals surface area (Å²) >= 11 is 0. The van der Waals surface area contributed by atoms with E-state index in [-0.39, 0.29) is 31.4 Å². The molecule has 0 spiro atoms. The normalized spacial score (nSPS) is 12.2. The first kappa shape index (κ1) is 29.6. The Morgan fingerprint density at radius 3 is 2.11 bits per heavy atom. The second-order valence-electron chi connectivity index (χ2n) is 8.76. The van der Waals surface area contributed by atoms with Gasteiger partial charge < -0.3 is 21.3 Å². The topological polar surface area (TPSA) is 207 Å². The molecule has 12 nitrogen and oxygen atoms in total. The fourth-order valence-electron chi connectivity index (χ4n) is 3.80. The Hall–Kier alpha value is -4.61. The number of aryl methyl sites for hydroxylation is 1. The molecule has 2 aromatic rings. The quantitative estimate of drug-likeness (QED) is 0.186. The van der Waals surface area contributed by atoms with Gasteiger partial charge in [-0.3, -0.25) is 34.1 Å². The van der Waals surface area contributed by atoms with Crippen molar-refractivity contribution in [2.45, 2.75) is 51.0 Å². The Morgan fingerprint density at radius 1 is 0.895 bits per heavy atom. The predicted octanol–water partition coefficient (Wildman–Crippen LogP) is 2.47. The summed E-state index contributed by atoms with van der Waals surface area (Å²) < 4.78 is 0. The van der Waals surface area contributed by atoms with Crippen LogP contribution in [0.25, 0.3) is 11.1 Å². The van der Waals surface area contributed by atoms with E-state index < -0.39 is 59.3 Å². The van der Waals surface area contributed by atoms with Gasteiger partial charge in [0.2, 0.25) is 11.8 Å². The molecule has 0 bridgehead atoms. The molecular weight excluding hydrogens is 498 g/mol. The van der Waals surface area contributed by atoms with E-state index in [0.717, 1.165) is 11.1 Å². The maximum absolute atomic E-state index is 12.8. The standard InChI is InChI=1S/C26H29N3O9/c27-26(36)19(9-12-24(32)33)15-22(30)21(10-13-25(34)35)28-23(31)11-6-16-4-7-17(8-5-16)18-2-1-3-20(14-18)29(37)38/h1-5,7-8,14,19,21H,6,9-13,15H2,(H2,27,36)(H,28,31)(H,32,33)(H,34,35)/t19-,21+/m1/s1. The second-order valence-corrected chi connectivity index (χ2v) is 8.76. The van der Waals surface area contributed by atoms with Crippen LogP contribution < -0.4 is 11.1 Å². The molecule has 12 heteroatoms. The fraction of sp³-hybridized carbons (Fsp3) is 0.346. The summed E-state index contributed by atoms with van der Waals surface area (Å²) in [6.07, 6.45) is -1.22. The predicted molar refractivity (Wildman–Crippen MR) is 135 cm³/mol. The minimum atomic E-state index is -1.17. The fourth-order valence-corrected chi connectivity index (χ4v) is 3.80. The number of primary amides is 1. The molecule has 202 valence electrons. The summed E-state index contributed by atoms with van der Waals surface area (Å²) in [6.45, 7) is 0. The van der Waals surface area contributed by atoms with E-state index in [1.54, 1.807) is 36.4 Å². The number of nitrogens with two attached hydrogens (primary N) is 1. The smallest absolute Gasteiger partial charge is 0.303 e. The molecule has 38 heavy (non-hydrogen) atoms. The lowest BCUT2D eigenvalue weighted by Gasteiger charge is -2.19. The van der Waals surface area contributed by atoms with Crippen LogP contribution in [0, 0.1) is 16.0 Å². The number of carbonyl (C=O) groups excluding carboxylic acids is 3. The molecule has 2 aromatic carbocycles. The summed E-state index contributed by atoms with van der Waals surface area (Å²) in [4.78, 5) is 69.3. The Bertz CT molecular complexity index is 1190. The van der Waals surface area contributed by atoms with Gasteiger partial charge in [-0.2, -0.15) is 0 Å². The number of rotatable bonds is 16. The molecule has 0 fully saturated rings. The average molecular weight is 528 g/mol. The molecule has 0 aliphatic heterocycles. The maximum Gasteiger partial charge on any atom is 0.303 e. The van der Waals surface area contributed by atoms with Crippen LogP contribution in [0.1, 0.15) is 44.1 Å². The molecule has 2 atom stereocenters. The molecule has 2 rings (SSSR count). The first-order chi connectivity index (χ1) is 18.0. The van der Waals surface area contributed by atoms with Crippen LogP contribution in [0.3, 0.4) is 0 Å². The molecule has 2 amide bonds. The number of Topliss-reactive ketones (excluding diaryl/α,β-unsaturated/α-hetero) is 1. The van der Waals surface area contributed by atoms with Gasteiger partial charge in [0.1, 0.15) is 0 Å². The first-order valence-corrected chi connectivity index (χ1v) is 11.8. The molecule has 5 N–H and O–H groups in total. The van der Waals surface area contributed by atoms with Crippen molar-refractivity contribution in [1.82, 2.24) is 5.32 Å². The van der Waals surface area contributed by atoms with Gasteiger partial charge >= 0.3 is 11.9 Å². The van der Waals surface area contributed by atoms with Crippen LogP contribution in [0.4, 0.5) is 5.69 Å². The number of nitro groups is 1. The number of aliphatic carboxylic acids is 2. The van der Waals surface area contributed by atoms with E-state index in [1.807, 2.05) is 0 Å². The van der Waals surface area contributed by atoms with Crippen LogP contribution in [0.5, 0.6) is 0 Å². The van der Waals surface area contributed by atoms with Crippen molar-refractivity contribution in [1.29, 1.82) is 0 Å². The SMILES string of the molecule is NC(=O)[C@H](CCC(=O)O)CC(=O)[C@H](CCC(=O)O)NC(=O)CCc1ccc(-c2cccc([N+](=O)[O-])c2)cc1.